The van der Waals surface area contributed by atoms with Crippen molar-refractivity contribution in [2.75, 3.05) is 6.54 Å². The average Bonchev–Trinajstić information content (AvgIpc) is 3.32. The zero-order chi connectivity index (χ0) is 27.8. The van der Waals surface area contributed by atoms with Gasteiger partial charge in [-0.15, -0.1) is 6.42 Å². The van der Waals surface area contributed by atoms with Crippen LogP contribution in [0.1, 0.15) is 113 Å². The summed E-state index contributed by atoms with van der Waals surface area (Å²) < 4.78 is 0. The first-order valence-electron chi connectivity index (χ1n) is 14.3. The van der Waals surface area contributed by atoms with Crippen molar-refractivity contribution in [3.63, 3.8) is 0 Å². The summed E-state index contributed by atoms with van der Waals surface area (Å²) in [4.78, 5) is 2.72. The highest BCUT2D eigenvalue weighted by Gasteiger charge is 2.45. The molecule has 200 valence electrons. The minimum atomic E-state index is -0.0376. The molecule has 1 fully saturated rings. The molecule has 1 unspecified atom stereocenters. The van der Waals surface area contributed by atoms with Gasteiger partial charge in [0.1, 0.15) is 0 Å². The Morgan fingerprint density at radius 1 is 1.06 bits per heavy atom. The van der Waals surface area contributed by atoms with E-state index in [2.05, 4.69) is 87.1 Å². The summed E-state index contributed by atoms with van der Waals surface area (Å²) in [5, 5.41) is 7.62. The maximum atomic E-state index is 7.62. The number of benzene rings is 1. The highest BCUT2D eigenvalue weighted by molar-refractivity contribution is 5.47. The number of rotatable bonds is 9. The second-order valence-corrected chi connectivity index (χ2v) is 8.34. The Balaban J connectivity index is 0. The number of nitrogens with zero attached hydrogens (tertiary/aromatic N) is 2. The lowest BCUT2D eigenvalue weighted by atomic mass is 9.72. The van der Waals surface area contributed by atoms with Gasteiger partial charge in [0.2, 0.25) is 0 Å². The minimum absolute atomic E-state index is 0.0376. The molecule has 1 aliphatic rings. The third-order valence-corrected chi connectivity index (χ3v) is 6.12. The summed E-state index contributed by atoms with van der Waals surface area (Å²) >= 11 is 0. The summed E-state index contributed by atoms with van der Waals surface area (Å²) in [7, 11) is 0. The van der Waals surface area contributed by atoms with Crippen LogP contribution in [0.25, 0.3) is 0 Å². The predicted octanol–water partition coefficient (Wildman–Crippen LogP) is 10.0. The van der Waals surface area contributed by atoms with Gasteiger partial charge in [0.25, 0.3) is 0 Å². The highest BCUT2D eigenvalue weighted by Crippen LogP contribution is 2.47. The molecule has 0 aromatic heterocycles. The quantitative estimate of drug-likeness (QED) is 0.254. The van der Waals surface area contributed by atoms with E-state index in [4.69, 9.17) is 11.7 Å². The van der Waals surface area contributed by atoms with E-state index in [9.17, 15) is 0 Å². The second-order valence-electron chi connectivity index (χ2n) is 8.34. The van der Waals surface area contributed by atoms with Crippen molar-refractivity contribution in [2.24, 2.45) is 0 Å². The van der Waals surface area contributed by atoms with Crippen molar-refractivity contribution in [3.05, 3.63) is 71.5 Å². The minimum Gasteiger partial charge on any atom is -0.371 e. The van der Waals surface area contributed by atoms with Crippen molar-refractivity contribution in [1.29, 1.82) is 5.26 Å². The topological polar surface area (TPSA) is 27.0 Å². The average molecular weight is 491 g/mol. The zero-order valence-electron chi connectivity index (χ0n) is 24.9. The summed E-state index contributed by atoms with van der Waals surface area (Å²) in [5.41, 5.74) is 4.19. The Morgan fingerprint density at radius 3 is 2.03 bits per heavy atom. The number of terminal acetylenes is 1. The van der Waals surface area contributed by atoms with Crippen molar-refractivity contribution in [3.8, 4) is 18.4 Å². The molecule has 1 aromatic rings. The van der Waals surface area contributed by atoms with Gasteiger partial charge in [0.15, 0.2) is 0 Å². The molecule has 2 rings (SSSR count). The van der Waals surface area contributed by atoms with E-state index in [1.54, 1.807) is 0 Å². The highest BCUT2D eigenvalue weighted by atomic mass is 15.2. The summed E-state index contributed by atoms with van der Waals surface area (Å²) in [6, 6.07) is 13.6. The summed E-state index contributed by atoms with van der Waals surface area (Å²) in [6.07, 6.45) is 22.0. The molecular weight excluding hydrogens is 436 g/mol. The monoisotopic (exact) mass is 490 g/mol. The van der Waals surface area contributed by atoms with Gasteiger partial charge in [-0.2, -0.15) is 5.26 Å². The smallest absolute Gasteiger partial charge is 0.0618 e. The third-order valence-electron chi connectivity index (χ3n) is 6.12. The van der Waals surface area contributed by atoms with E-state index in [1.807, 2.05) is 46.8 Å². The van der Waals surface area contributed by atoms with E-state index < -0.39 is 0 Å². The van der Waals surface area contributed by atoms with Crippen LogP contribution in [0.15, 0.2) is 65.9 Å². The third kappa shape index (κ3) is 10.9. The molecule has 1 atom stereocenters. The summed E-state index contributed by atoms with van der Waals surface area (Å²) in [6.45, 7) is 19.8. The van der Waals surface area contributed by atoms with Crippen molar-refractivity contribution in [2.45, 2.75) is 119 Å². The standard InChI is InChI=1S/C27H37N.C3H5N.2C2H6/c1-6-11-18-23(10-5)27(24-19-13-12-14-20-24)21-26(17-9-4)28(22-27)25(15-7-2)16-8-3;1-2-3-4;2*1-2/h1,10-14,17-20,25H,7-9,15-16,21-22H2,2-5H3;2H2,1H3;2*1-2H3/b18-11-,23-10+,26-17?;;;. The van der Waals surface area contributed by atoms with Crippen LogP contribution >= 0.6 is 0 Å². The Morgan fingerprint density at radius 2 is 1.61 bits per heavy atom. The molecule has 0 spiro atoms. The molecule has 1 aromatic carbocycles. The van der Waals surface area contributed by atoms with Gasteiger partial charge >= 0.3 is 0 Å². The molecule has 0 amide bonds. The first kappa shape index (κ1) is 35.5. The van der Waals surface area contributed by atoms with E-state index in [0.717, 1.165) is 19.4 Å². The lowest BCUT2D eigenvalue weighted by Gasteiger charge is -2.35. The van der Waals surface area contributed by atoms with Crippen molar-refractivity contribution in [1.82, 2.24) is 4.90 Å². The lowest BCUT2D eigenvalue weighted by molar-refractivity contribution is 0.238. The fourth-order valence-electron chi connectivity index (χ4n) is 4.75. The van der Waals surface area contributed by atoms with Crippen LogP contribution in [0.4, 0.5) is 0 Å². The van der Waals surface area contributed by atoms with Gasteiger partial charge in [0.05, 0.1) is 6.07 Å². The Labute approximate surface area is 225 Å². The molecule has 1 aliphatic heterocycles. The molecule has 36 heavy (non-hydrogen) atoms. The normalized spacial score (nSPS) is 17.8. The predicted molar refractivity (Wildman–Crippen MR) is 162 cm³/mol. The molecule has 0 saturated carbocycles. The molecule has 0 aliphatic carbocycles. The maximum absolute atomic E-state index is 7.62. The Bertz CT molecular complexity index is 826. The van der Waals surface area contributed by atoms with Gasteiger partial charge in [-0.1, -0.05) is 123 Å². The fourth-order valence-corrected chi connectivity index (χ4v) is 4.75. The van der Waals surface area contributed by atoms with Crippen molar-refractivity contribution < 1.29 is 0 Å². The lowest BCUT2D eigenvalue weighted by Crippen LogP contribution is -2.37. The Hall–Kier alpha value is -2.71. The molecular formula is C34H54N2. The zero-order valence-corrected chi connectivity index (χ0v) is 24.9. The molecule has 1 saturated heterocycles. The van der Waals surface area contributed by atoms with Gasteiger partial charge in [-0.3, -0.25) is 0 Å². The molecule has 0 N–H and O–H groups in total. The van der Waals surface area contributed by atoms with Crippen LogP contribution in [-0.4, -0.2) is 17.5 Å². The first-order chi connectivity index (χ1) is 17.6. The van der Waals surface area contributed by atoms with Crippen LogP contribution in [0.5, 0.6) is 0 Å². The van der Waals surface area contributed by atoms with E-state index in [1.165, 1.54) is 42.5 Å². The number of allylic oxidation sites excluding steroid dienone is 5. The first-order valence-corrected chi connectivity index (χ1v) is 14.3. The molecule has 0 radical (unpaired) electrons. The fraction of sp³-hybridized carbons (Fsp3) is 0.559. The number of nitriles is 1. The van der Waals surface area contributed by atoms with Gasteiger partial charge in [-0.25, -0.2) is 0 Å². The molecule has 1 heterocycles. The van der Waals surface area contributed by atoms with Crippen LogP contribution in [0.3, 0.4) is 0 Å². The van der Waals surface area contributed by atoms with E-state index >= 15 is 0 Å². The second kappa shape index (κ2) is 22.7. The summed E-state index contributed by atoms with van der Waals surface area (Å²) in [5.74, 6) is 2.69. The van der Waals surface area contributed by atoms with Gasteiger partial charge in [-0.05, 0) is 43.4 Å². The Kier molecular flexibility index (Phi) is 22.4. The van der Waals surface area contributed by atoms with E-state index in [-0.39, 0.29) is 5.41 Å². The van der Waals surface area contributed by atoms with Gasteiger partial charge in [0, 0.05) is 36.5 Å². The van der Waals surface area contributed by atoms with E-state index in [0.29, 0.717) is 12.5 Å². The SMILES string of the molecule is C#C/C=C\C(=C/C)C1(c2ccccc2)CC(=CCC)N(C(CCC)CCC)C1.CC.CC.CCC#N. The largest absolute Gasteiger partial charge is 0.371 e. The van der Waals surface area contributed by atoms with Crippen LogP contribution < -0.4 is 0 Å². The molecule has 2 nitrogen and oxygen atoms in total. The van der Waals surface area contributed by atoms with Crippen LogP contribution in [0.2, 0.25) is 0 Å². The molecule has 2 heteroatoms. The van der Waals surface area contributed by atoms with Crippen LogP contribution in [-0.2, 0) is 5.41 Å². The van der Waals surface area contributed by atoms with Crippen LogP contribution in [0, 0.1) is 23.7 Å². The number of likely N-dealkylation sites (tertiary alicyclic amines) is 1. The number of hydrogen-bond donors (Lipinski definition) is 0. The molecule has 0 bridgehead atoms. The maximum Gasteiger partial charge on any atom is 0.0618 e. The van der Waals surface area contributed by atoms with Gasteiger partial charge < -0.3 is 4.90 Å². The van der Waals surface area contributed by atoms with Crippen molar-refractivity contribution >= 4 is 0 Å². The number of hydrogen-bond acceptors (Lipinski definition) is 2.